The molecular formula is C20H17N5O3. The highest BCUT2D eigenvalue weighted by atomic mass is 16.5. The van der Waals surface area contributed by atoms with Crippen LogP contribution in [0.2, 0.25) is 0 Å². The zero-order valence-electron chi connectivity index (χ0n) is 15.2. The van der Waals surface area contributed by atoms with Crippen molar-refractivity contribution in [2.45, 2.75) is 26.2 Å². The van der Waals surface area contributed by atoms with Crippen LogP contribution < -0.4 is 10.9 Å². The molecule has 1 aromatic carbocycles. The molecule has 8 heteroatoms. The second-order valence-electron chi connectivity index (χ2n) is 6.76. The van der Waals surface area contributed by atoms with E-state index in [1.165, 1.54) is 17.5 Å². The fourth-order valence-corrected chi connectivity index (χ4v) is 3.56. The Kier molecular flexibility index (Phi) is 3.82. The van der Waals surface area contributed by atoms with Crippen molar-refractivity contribution >= 4 is 22.9 Å². The molecule has 2 N–H and O–H groups in total. The lowest BCUT2D eigenvalue weighted by Gasteiger charge is -2.02. The summed E-state index contributed by atoms with van der Waals surface area (Å²) in [6.07, 6.45) is 6.59. The first-order chi connectivity index (χ1) is 13.7. The molecule has 140 valence electrons. The SMILES string of the molecule is Cc1c(C(=O)NNc2nc(-c3ccncc3)no2)oc2cc3c(cc12)CCC3. The molecule has 0 saturated heterocycles. The molecule has 0 saturated carbocycles. The van der Waals surface area contributed by atoms with Gasteiger partial charge in [-0.1, -0.05) is 5.16 Å². The lowest BCUT2D eigenvalue weighted by atomic mass is 10.1. The van der Waals surface area contributed by atoms with Crippen LogP contribution in [0.1, 0.15) is 33.7 Å². The number of anilines is 1. The normalized spacial score (nSPS) is 12.9. The highest BCUT2D eigenvalue weighted by Crippen LogP contribution is 2.32. The van der Waals surface area contributed by atoms with Gasteiger partial charge in [-0.2, -0.15) is 4.98 Å². The highest BCUT2D eigenvalue weighted by molar-refractivity contribution is 5.99. The number of amides is 1. The number of benzene rings is 1. The molecule has 28 heavy (non-hydrogen) atoms. The predicted octanol–water partition coefficient (Wildman–Crippen LogP) is 3.43. The molecule has 1 aliphatic rings. The largest absolute Gasteiger partial charge is 0.451 e. The Morgan fingerprint density at radius 1 is 1.14 bits per heavy atom. The van der Waals surface area contributed by atoms with Crippen LogP contribution in [-0.2, 0) is 12.8 Å². The highest BCUT2D eigenvalue weighted by Gasteiger charge is 2.21. The van der Waals surface area contributed by atoms with E-state index in [-0.39, 0.29) is 11.8 Å². The quantitative estimate of drug-likeness (QED) is 0.526. The Morgan fingerprint density at radius 2 is 1.93 bits per heavy atom. The first-order valence-corrected chi connectivity index (χ1v) is 9.04. The van der Waals surface area contributed by atoms with Gasteiger partial charge in [0.05, 0.1) is 0 Å². The van der Waals surface area contributed by atoms with Crippen molar-refractivity contribution in [3.05, 3.63) is 59.1 Å². The van der Waals surface area contributed by atoms with E-state index in [1.807, 2.05) is 13.0 Å². The van der Waals surface area contributed by atoms with Crippen LogP contribution in [0.25, 0.3) is 22.4 Å². The van der Waals surface area contributed by atoms with Gasteiger partial charge in [0.1, 0.15) is 5.58 Å². The van der Waals surface area contributed by atoms with Crippen molar-refractivity contribution < 1.29 is 13.7 Å². The molecule has 1 amide bonds. The van der Waals surface area contributed by atoms with Crippen LogP contribution in [0.4, 0.5) is 6.01 Å². The summed E-state index contributed by atoms with van der Waals surface area (Å²) in [5.41, 5.74) is 10.1. The van der Waals surface area contributed by atoms with Crippen LogP contribution in [-0.4, -0.2) is 21.0 Å². The smallest absolute Gasteiger partial charge is 0.340 e. The van der Waals surface area contributed by atoms with Crippen molar-refractivity contribution in [3.8, 4) is 11.4 Å². The van der Waals surface area contributed by atoms with Crippen molar-refractivity contribution in [2.24, 2.45) is 0 Å². The number of carbonyl (C=O) groups excluding carboxylic acids is 1. The Balaban J connectivity index is 1.34. The molecule has 0 atom stereocenters. The number of furan rings is 1. The van der Waals surface area contributed by atoms with Crippen LogP contribution in [0.3, 0.4) is 0 Å². The molecule has 0 fully saturated rings. The van der Waals surface area contributed by atoms with E-state index in [2.05, 4.69) is 32.0 Å². The number of hydrazine groups is 1. The molecule has 0 aliphatic heterocycles. The topological polar surface area (TPSA) is 106 Å². The van der Waals surface area contributed by atoms with Crippen molar-refractivity contribution in [2.75, 3.05) is 5.43 Å². The summed E-state index contributed by atoms with van der Waals surface area (Å²) >= 11 is 0. The number of carbonyl (C=O) groups is 1. The third-order valence-electron chi connectivity index (χ3n) is 5.00. The second-order valence-corrected chi connectivity index (χ2v) is 6.76. The van der Waals surface area contributed by atoms with Crippen LogP contribution in [0.15, 0.2) is 45.6 Å². The van der Waals surface area contributed by atoms with E-state index in [0.717, 1.165) is 34.9 Å². The first kappa shape index (κ1) is 16.5. The van der Waals surface area contributed by atoms with Gasteiger partial charge in [-0.3, -0.25) is 15.2 Å². The first-order valence-electron chi connectivity index (χ1n) is 9.04. The van der Waals surface area contributed by atoms with Gasteiger partial charge in [-0.05, 0) is 61.6 Å². The summed E-state index contributed by atoms with van der Waals surface area (Å²) in [5, 5.41) is 4.85. The number of aryl methyl sites for hydroxylation is 3. The van der Waals surface area contributed by atoms with E-state index in [1.54, 1.807) is 24.5 Å². The van der Waals surface area contributed by atoms with Gasteiger partial charge in [-0.25, -0.2) is 5.43 Å². The Bertz CT molecular complexity index is 1180. The molecule has 1 aliphatic carbocycles. The zero-order valence-corrected chi connectivity index (χ0v) is 15.2. The maximum atomic E-state index is 12.6. The summed E-state index contributed by atoms with van der Waals surface area (Å²) in [5.74, 6) is 0.256. The molecule has 0 unspecified atom stereocenters. The van der Waals surface area contributed by atoms with Crippen LogP contribution >= 0.6 is 0 Å². The average Bonchev–Trinajstić information content (AvgIpc) is 3.44. The number of fused-ring (bicyclic) bond motifs is 2. The van der Waals surface area contributed by atoms with Crippen molar-refractivity contribution in [1.29, 1.82) is 0 Å². The minimum absolute atomic E-state index is 0.0768. The number of nitrogens with zero attached hydrogens (tertiary/aromatic N) is 3. The van der Waals surface area contributed by atoms with Crippen LogP contribution in [0, 0.1) is 6.92 Å². The van der Waals surface area contributed by atoms with Gasteiger partial charge in [-0.15, -0.1) is 0 Å². The lowest BCUT2D eigenvalue weighted by Crippen LogP contribution is -2.29. The van der Waals surface area contributed by atoms with Gasteiger partial charge in [0.25, 0.3) is 0 Å². The summed E-state index contributed by atoms with van der Waals surface area (Å²) in [7, 11) is 0. The molecule has 0 bridgehead atoms. The second kappa shape index (κ2) is 6.49. The molecular weight excluding hydrogens is 358 g/mol. The van der Waals surface area contributed by atoms with Gasteiger partial charge >= 0.3 is 11.9 Å². The minimum atomic E-state index is -0.405. The Labute approximate surface area is 159 Å². The van der Waals surface area contributed by atoms with Gasteiger partial charge in [0, 0.05) is 28.9 Å². The Hall–Kier alpha value is -3.68. The fourth-order valence-electron chi connectivity index (χ4n) is 3.56. The van der Waals surface area contributed by atoms with Crippen molar-refractivity contribution in [1.82, 2.24) is 20.6 Å². The van der Waals surface area contributed by atoms with E-state index in [4.69, 9.17) is 8.94 Å². The molecule has 0 radical (unpaired) electrons. The van der Waals surface area contributed by atoms with Gasteiger partial charge in [0.15, 0.2) is 5.76 Å². The molecule has 5 rings (SSSR count). The monoisotopic (exact) mass is 375 g/mol. The molecule has 4 aromatic rings. The number of nitrogens with one attached hydrogen (secondary N) is 2. The number of hydrogen-bond acceptors (Lipinski definition) is 7. The van der Waals surface area contributed by atoms with E-state index in [9.17, 15) is 4.79 Å². The number of pyridine rings is 1. The molecule has 8 nitrogen and oxygen atoms in total. The Morgan fingerprint density at radius 3 is 2.75 bits per heavy atom. The number of rotatable bonds is 4. The molecule has 3 heterocycles. The maximum absolute atomic E-state index is 12.6. The van der Waals surface area contributed by atoms with E-state index in [0.29, 0.717) is 5.82 Å². The third kappa shape index (κ3) is 2.79. The number of aromatic nitrogens is 3. The van der Waals surface area contributed by atoms with Gasteiger partial charge in [0.2, 0.25) is 5.82 Å². The summed E-state index contributed by atoms with van der Waals surface area (Å²) in [6.45, 7) is 1.89. The van der Waals surface area contributed by atoms with E-state index < -0.39 is 5.91 Å². The van der Waals surface area contributed by atoms with Crippen molar-refractivity contribution in [3.63, 3.8) is 0 Å². The molecule has 0 spiro atoms. The minimum Gasteiger partial charge on any atom is -0.451 e. The summed E-state index contributed by atoms with van der Waals surface area (Å²) in [6, 6.07) is 7.80. The summed E-state index contributed by atoms with van der Waals surface area (Å²) in [4.78, 5) is 20.7. The van der Waals surface area contributed by atoms with Crippen LogP contribution in [0.5, 0.6) is 0 Å². The fraction of sp³-hybridized carbons (Fsp3) is 0.200. The maximum Gasteiger partial charge on any atom is 0.340 e. The van der Waals surface area contributed by atoms with E-state index >= 15 is 0 Å². The van der Waals surface area contributed by atoms with Gasteiger partial charge < -0.3 is 8.94 Å². The lowest BCUT2D eigenvalue weighted by molar-refractivity contribution is 0.0935. The molecule has 3 aromatic heterocycles. The number of hydrogen-bond donors (Lipinski definition) is 2. The third-order valence-corrected chi connectivity index (χ3v) is 5.00. The zero-order chi connectivity index (χ0) is 19.1. The predicted molar refractivity (Wildman–Crippen MR) is 102 cm³/mol. The average molecular weight is 375 g/mol. The summed E-state index contributed by atoms with van der Waals surface area (Å²) < 4.78 is 10.9. The standard InChI is InChI=1S/C20H17N5O3/c1-11-15-9-13-3-2-4-14(13)10-16(15)27-17(11)19(26)23-24-20-22-18(25-28-20)12-5-7-21-8-6-12/h5-10H,2-4H2,1H3,(H,23,26)(H,22,24,25).